The molecule has 5 nitrogen and oxygen atoms in total. The van der Waals surface area contributed by atoms with Crippen molar-refractivity contribution in [3.63, 3.8) is 0 Å². The van der Waals surface area contributed by atoms with Gasteiger partial charge in [0.15, 0.2) is 0 Å². The van der Waals surface area contributed by atoms with Crippen molar-refractivity contribution >= 4 is 5.97 Å². The van der Waals surface area contributed by atoms with Crippen molar-refractivity contribution < 1.29 is 9.90 Å². The van der Waals surface area contributed by atoms with Crippen molar-refractivity contribution in [1.82, 2.24) is 15.1 Å². The lowest BCUT2D eigenvalue weighted by Crippen LogP contribution is -2.35. The topological polar surface area (TPSA) is 67.2 Å². The van der Waals surface area contributed by atoms with E-state index in [1.807, 2.05) is 17.8 Å². The first kappa shape index (κ1) is 13.7. The quantitative estimate of drug-likeness (QED) is 0.761. The molecule has 0 saturated carbocycles. The van der Waals surface area contributed by atoms with E-state index in [1.54, 1.807) is 6.20 Å². The Labute approximate surface area is 102 Å². The van der Waals surface area contributed by atoms with Gasteiger partial charge in [-0.3, -0.25) is 9.48 Å². The molecule has 0 amide bonds. The van der Waals surface area contributed by atoms with E-state index in [0.717, 1.165) is 12.0 Å². The van der Waals surface area contributed by atoms with Crippen molar-refractivity contribution in [2.24, 2.45) is 0 Å². The summed E-state index contributed by atoms with van der Waals surface area (Å²) < 4.78 is 1.87. The first-order chi connectivity index (χ1) is 8.04. The van der Waals surface area contributed by atoms with Gasteiger partial charge >= 0.3 is 5.97 Å². The van der Waals surface area contributed by atoms with Crippen LogP contribution in [-0.2, 0) is 11.3 Å². The third-order valence-corrected chi connectivity index (χ3v) is 2.61. The molecule has 0 aromatic carbocycles. The zero-order valence-corrected chi connectivity index (χ0v) is 10.7. The van der Waals surface area contributed by atoms with Crippen LogP contribution in [0.2, 0.25) is 0 Å². The zero-order valence-electron chi connectivity index (χ0n) is 10.7. The van der Waals surface area contributed by atoms with Crippen LogP contribution in [0.15, 0.2) is 12.4 Å². The SMILES string of the molecule is CCCC(NCc1cnn(C(C)C)c1)C(=O)O. The highest BCUT2D eigenvalue weighted by molar-refractivity contribution is 5.73. The summed E-state index contributed by atoms with van der Waals surface area (Å²) in [6, 6.07) is -0.142. The average molecular weight is 239 g/mol. The second kappa shape index (κ2) is 6.39. The second-order valence-electron chi connectivity index (χ2n) is 4.48. The predicted octanol–water partition coefficient (Wildman–Crippen LogP) is 1.81. The van der Waals surface area contributed by atoms with E-state index >= 15 is 0 Å². The van der Waals surface area contributed by atoms with E-state index in [4.69, 9.17) is 5.11 Å². The molecule has 96 valence electrons. The van der Waals surface area contributed by atoms with Crippen LogP contribution in [0.3, 0.4) is 0 Å². The number of carbonyl (C=O) groups is 1. The minimum atomic E-state index is -0.789. The molecular formula is C12H21N3O2. The van der Waals surface area contributed by atoms with Crippen molar-refractivity contribution in [2.75, 3.05) is 0 Å². The molecule has 1 atom stereocenters. The number of carboxylic acid groups (broad SMARTS) is 1. The van der Waals surface area contributed by atoms with E-state index in [2.05, 4.69) is 24.3 Å². The summed E-state index contributed by atoms with van der Waals surface area (Å²) in [5.74, 6) is -0.789. The zero-order chi connectivity index (χ0) is 12.8. The summed E-state index contributed by atoms with van der Waals surface area (Å²) >= 11 is 0. The molecule has 0 aliphatic heterocycles. The third-order valence-electron chi connectivity index (χ3n) is 2.61. The number of carboxylic acids is 1. The van der Waals surface area contributed by atoms with Gasteiger partial charge in [-0.25, -0.2) is 0 Å². The van der Waals surface area contributed by atoms with E-state index in [0.29, 0.717) is 19.0 Å². The highest BCUT2D eigenvalue weighted by atomic mass is 16.4. The van der Waals surface area contributed by atoms with Crippen LogP contribution >= 0.6 is 0 Å². The number of aliphatic carboxylic acids is 1. The minimum Gasteiger partial charge on any atom is -0.480 e. The summed E-state index contributed by atoms with van der Waals surface area (Å²) in [6.07, 6.45) is 5.23. The van der Waals surface area contributed by atoms with Gasteiger partial charge in [0.1, 0.15) is 6.04 Å². The fraction of sp³-hybridized carbons (Fsp3) is 0.667. The molecule has 0 radical (unpaired) electrons. The minimum absolute atomic E-state index is 0.328. The van der Waals surface area contributed by atoms with Gasteiger partial charge in [0.25, 0.3) is 0 Å². The number of hydrogen-bond acceptors (Lipinski definition) is 3. The fourth-order valence-electron chi connectivity index (χ4n) is 1.59. The monoisotopic (exact) mass is 239 g/mol. The van der Waals surface area contributed by atoms with Gasteiger partial charge in [0.05, 0.1) is 6.20 Å². The predicted molar refractivity (Wildman–Crippen MR) is 65.8 cm³/mol. The maximum absolute atomic E-state index is 10.9. The number of nitrogens with zero attached hydrogens (tertiary/aromatic N) is 2. The molecule has 1 aromatic rings. The third kappa shape index (κ3) is 4.19. The molecule has 0 fully saturated rings. The molecule has 1 unspecified atom stereocenters. The van der Waals surface area contributed by atoms with Crippen molar-refractivity contribution in [1.29, 1.82) is 0 Å². The highest BCUT2D eigenvalue weighted by Gasteiger charge is 2.15. The van der Waals surface area contributed by atoms with Gasteiger partial charge in [-0.1, -0.05) is 13.3 Å². The molecule has 1 rings (SSSR count). The normalized spacial score (nSPS) is 12.9. The maximum atomic E-state index is 10.9. The number of nitrogens with one attached hydrogen (secondary N) is 1. The average Bonchev–Trinajstić information content (AvgIpc) is 2.72. The van der Waals surface area contributed by atoms with Crippen LogP contribution in [0.1, 0.15) is 45.2 Å². The maximum Gasteiger partial charge on any atom is 0.320 e. The summed E-state index contributed by atoms with van der Waals surface area (Å²) in [7, 11) is 0. The van der Waals surface area contributed by atoms with Crippen LogP contribution in [-0.4, -0.2) is 26.9 Å². The van der Waals surface area contributed by atoms with Gasteiger partial charge in [0, 0.05) is 24.3 Å². The van der Waals surface area contributed by atoms with Crippen LogP contribution < -0.4 is 5.32 Å². The Morgan fingerprint density at radius 1 is 1.59 bits per heavy atom. The lowest BCUT2D eigenvalue weighted by Gasteiger charge is -2.12. The number of rotatable bonds is 7. The Morgan fingerprint density at radius 2 is 2.29 bits per heavy atom. The molecule has 2 N–H and O–H groups in total. The molecule has 1 aromatic heterocycles. The largest absolute Gasteiger partial charge is 0.480 e. The molecule has 1 heterocycles. The van der Waals surface area contributed by atoms with Gasteiger partial charge in [-0.05, 0) is 20.3 Å². The summed E-state index contributed by atoms with van der Waals surface area (Å²) in [5.41, 5.74) is 1.01. The molecule has 0 bridgehead atoms. The first-order valence-electron chi connectivity index (χ1n) is 6.03. The highest BCUT2D eigenvalue weighted by Crippen LogP contribution is 2.06. The van der Waals surface area contributed by atoms with E-state index in [9.17, 15) is 4.79 Å². The Bertz CT molecular complexity index is 360. The smallest absolute Gasteiger partial charge is 0.320 e. The van der Waals surface area contributed by atoms with Gasteiger partial charge in [0.2, 0.25) is 0 Å². The molecule has 17 heavy (non-hydrogen) atoms. The Morgan fingerprint density at radius 3 is 2.76 bits per heavy atom. The lowest BCUT2D eigenvalue weighted by molar-refractivity contribution is -0.139. The standard InChI is InChI=1S/C12H21N3O2/c1-4-5-11(12(16)17)13-6-10-7-14-15(8-10)9(2)3/h7-9,11,13H,4-6H2,1-3H3,(H,16,17). The summed E-state index contributed by atoms with van der Waals surface area (Å²) in [5, 5.41) is 16.2. The molecule has 0 saturated heterocycles. The molecule has 0 aliphatic carbocycles. The lowest BCUT2D eigenvalue weighted by atomic mass is 10.1. The number of hydrogen-bond donors (Lipinski definition) is 2. The Kier molecular flexibility index (Phi) is 5.15. The van der Waals surface area contributed by atoms with Gasteiger partial charge in [-0.15, -0.1) is 0 Å². The van der Waals surface area contributed by atoms with E-state index in [1.165, 1.54) is 0 Å². The second-order valence-corrected chi connectivity index (χ2v) is 4.48. The van der Waals surface area contributed by atoms with Gasteiger partial charge < -0.3 is 10.4 Å². The molecule has 0 spiro atoms. The Hall–Kier alpha value is -1.36. The molecule has 0 aliphatic rings. The van der Waals surface area contributed by atoms with Crippen LogP contribution in [0.4, 0.5) is 0 Å². The van der Waals surface area contributed by atoms with Crippen LogP contribution in [0.5, 0.6) is 0 Å². The van der Waals surface area contributed by atoms with Crippen LogP contribution in [0, 0.1) is 0 Å². The molecule has 5 heteroatoms. The Balaban J connectivity index is 2.50. The summed E-state index contributed by atoms with van der Waals surface area (Å²) in [4.78, 5) is 10.9. The number of aromatic nitrogens is 2. The first-order valence-corrected chi connectivity index (χ1v) is 6.03. The van der Waals surface area contributed by atoms with Crippen LogP contribution in [0.25, 0.3) is 0 Å². The summed E-state index contributed by atoms with van der Waals surface area (Å²) in [6.45, 7) is 6.64. The van der Waals surface area contributed by atoms with Crippen molar-refractivity contribution in [3.8, 4) is 0 Å². The van der Waals surface area contributed by atoms with E-state index in [-0.39, 0.29) is 0 Å². The molecular weight excluding hydrogens is 218 g/mol. The van der Waals surface area contributed by atoms with Crippen molar-refractivity contribution in [2.45, 2.75) is 52.2 Å². The fourth-order valence-corrected chi connectivity index (χ4v) is 1.59. The van der Waals surface area contributed by atoms with E-state index < -0.39 is 12.0 Å². The van der Waals surface area contributed by atoms with Crippen molar-refractivity contribution in [3.05, 3.63) is 18.0 Å². The van der Waals surface area contributed by atoms with Gasteiger partial charge in [-0.2, -0.15) is 5.10 Å².